The van der Waals surface area contributed by atoms with Crippen molar-refractivity contribution in [2.45, 2.75) is 0 Å². The van der Waals surface area contributed by atoms with E-state index in [2.05, 4.69) is 102 Å². The summed E-state index contributed by atoms with van der Waals surface area (Å²) in [5.74, 6) is 1.79. The molecule has 88 valence electrons. The maximum atomic E-state index is 5.88. The summed E-state index contributed by atoms with van der Waals surface area (Å²) in [5.41, 5.74) is 0. The standard InChI is InChI=1S/C12H6I4O/c13-7-1-3-8(4-2-7)17-12-6-10(15)9(14)5-11(12)16/h1-6H. The van der Waals surface area contributed by atoms with E-state index in [4.69, 9.17) is 4.74 Å². The number of halogens is 4. The zero-order valence-corrected chi connectivity index (χ0v) is 17.0. The zero-order chi connectivity index (χ0) is 12.4. The molecule has 17 heavy (non-hydrogen) atoms. The summed E-state index contributed by atoms with van der Waals surface area (Å²) >= 11 is 9.24. The second-order valence-corrected chi connectivity index (χ2v) is 7.98. The lowest BCUT2D eigenvalue weighted by Crippen LogP contribution is -1.90. The second kappa shape index (κ2) is 6.55. The topological polar surface area (TPSA) is 9.23 Å². The van der Waals surface area contributed by atoms with Gasteiger partial charge in [0.15, 0.2) is 0 Å². The highest BCUT2D eigenvalue weighted by molar-refractivity contribution is 14.1. The van der Waals surface area contributed by atoms with E-state index < -0.39 is 0 Å². The highest BCUT2D eigenvalue weighted by Gasteiger charge is 2.07. The van der Waals surface area contributed by atoms with Crippen LogP contribution in [0.15, 0.2) is 36.4 Å². The molecule has 0 saturated heterocycles. The fourth-order valence-electron chi connectivity index (χ4n) is 1.21. The lowest BCUT2D eigenvalue weighted by molar-refractivity contribution is 0.478. The van der Waals surface area contributed by atoms with E-state index in [1.165, 1.54) is 10.7 Å². The van der Waals surface area contributed by atoms with Crippen LogP contribution in [0, 0.1) is 14.3 Å². The monoisotopic (exact) mass is 674 g/mol. The van der Waals surface area contributed by atoms with Crippen molar-refractivity contribution >= 4 is 90.4 Å². The van der Waals surface area contributed by atoms with Crippen LogP contribution in [0.1, 0.15) is 0 Å². The average molecular weight is 674 g/mol. The molecule has 0 aromatic heterocycles. The zero-order valence-electron chi connectivity index (χ0n) is 8.38. The van der Waals surface area contributed by atoms with Gasteiger partial charge in [0.05, 0.1) is 3.57 Å². The number of rotatable bonds is 2. The quantitative estimate of drug-likeness (QED) is 0.285. The first kappa shape index (κ1) is 14.6. The SMILES string of the molecule is Ic1ccc(Oc2cc(I)c(I)cc2I)cc1. The molecule has 0 aliphatic rings. The summed E-state index contributed by atoms with van der Waals surface area (Å²) in [4.78, 5) is 0. The minimum absolute atomic E-state index is 0.875. The average Bonchev–Trinajstić information content (AvgIpc) is 2.29. The maximum Gasteiger partial charge on any atom is 0.141 e. The van der Waals surface area contributed by atoms with Crippen LogP contribution >= 0.6 is 90.4 Å². The van der Waals surface area contributed by atoms with Crippen LogP contribution in [0.4, 0.5) is 0 Å². The molecule has 0 spiro atoms. The molecule has 0 unspecified atom stereocenters. The van der Waals surface area contributed by atoms with Crippen molar-refractivity contribution in [2.75, 3.05) is 0 Å². The molecule has 2 aromatic rings. The smallest absolute Gasteiger partial charge is 0.141 e. The lowest BCUT2D eigenvalue weighted by atomic mass is 10.3. The Kier molecular flexibility index (Phi) is 5.61. The largest absolute Gasteiger partial charge is 0.456 e. The van der Waals surface area contributed by atoms with E-state index in [1.54, 1.807) is 0 Å². The van der Waals surface area contributed by atoms with Crippen LogP contribution in [-0.4, -0.2) is 0 Å². The molecule has 0 atom stereocenters. The van der Waals surface area contributed by atoms with Crippen LogP contribution in [0.5, 0.6) is 11.5 Å². The van der Waals surface area contributed by atoms with E-state index in [0.717, 1.165) is 15.1 Å². The van der Waals surface area contributed by atoms with Crippen molar-refractivity contribution in [2.24, 2.45) is 0 Å². The van der Waals surface area contributed by atoms with Gasteiger partial charge in [0.25, 0.3) is 0 Å². The first-order chi connectivity index (χ1) is 8.06. The van der Waals surface area contributed by atoms with Crippen LogP contribution in [0.25, 0.3) is 0 Å². The molecule has 0 bridgehead atoms. The van der Waals surface area contributed by atoms with Gasteiger partial charge in [0.1, 0.15) is 11.5 Å². The Morgan fingerprint density at radius 3 is 1.94 bits per heavy atom. The Labute approximate surface area is 155 Å². The Morgan fingerprint density at radius 1 is 0.706 bits per heavy atom. The molecule has 0 N–H and O–H groups in total. The third-order valence-corrected chi connectivity index (χ3v) is 6.40. The van der Waals surface area contributed by atoms with Gasteiger partial charge in [-0.05, 0) is 127 Å². The third-order valence-electron chi connectivity index (χ3n) is 2.02. The fourth-order valence-corrected chi connectivity index (χ4v) is 3.65. The minimum Gasteiger partial charge on any atom is -0.456 e. The van der Waals surface area contributed by atoms with Gasteiger partial charge in [0.2, 0.25) is 0 Å². The van der Waals surface area contributed by atoms with Gasteiger partial charge in [-0.25, -0.2) is 0 Å². The van der Waals surface area contributed by atoms with Gasteiger partial charge in [-0.2, -0.15) is 0 Å². The van der Waals surface area contributed by atoms with E-state index in [-0.39, 0.29) is 0 Å². The van der Waals surface area contributed by atoms with E-state index in [1.807, 2.05) is 24.3 Å². The Balaban J connectivity index is 2.30. The summed E-state index contributed by atoms with van der Waals surface area (Å²) in [6.07, 6.45) is 0. The predicted molar refractivity (Wildman–Crippen MR) is 104 cm³/mol. The Hall–Kier alpha value is 1.16. The predicted octanol–water partition coefficient (Wildman–Crippen LogP) is 5.90. The minimum atomic E-state index is 0.875. The lowest BCUT2D eigenvalue weighted by Gasteiger charge is -2.09. The van der Waals surface area contributed by atoms with Crippen molar-refractivity contribution in [3.8, 4) is 11.5 Å². The molecule has 5 heteroatoms. The highest BCUT2D eigenvalue weighted by atomic mass is 127. The summed E-state index contributed by atoms with van der Waals surface area (Å²) in [6.45, 7) is 0. The van der Waals surface area contributed by atoms with E-state index >= 15 is 0 Å². The van der Waals surface area contributed by atoms with Gasteiger partial charge in [0, 0.05) is 10.7 Å². The van der Waals surface area contributed by atoms with E-state index in [0.29, 0.717) is 0 Å². The van der Waals surface area contributed by atoms with Gasteiger partial charge in [-0.15, -0.1) is 0 Å². The molecule has 0 aliphatic heterocycles. The van der Waals surface area contributed by atoms with Crippen molar-refractivity contribution in [3.05, 3.63) is 50.7 Å². The second-order valence-electron chi connectivity index (χ2n) is 3.25. The van der Waals surface area contributed by atoms with E-state index in [9.17, 15) is 0 Å². The molecule has 0 fully saturated rings. The van der Waals surface area contributed by atoms with Crippen LogP contribution in [-0.2, 0) is 0 Å². The van der Waals surface area contributed by atoms with Crippen LogP contribution < -0.4 is 4.74 Å². The summed E-state index contributed by atoms with van der Waals surface area (Å²) in [7, 11) is 0. The molecule has 0 saturated carbocycles. The molecular formula is C12H6I4O. The highest BCUT2D eigenvalue weighted by Crippen LogP contribution is 2.31. The first-order valence-corrected chi connectivity index (χ1v) is 8.96. The number of ether oxygens (including phenoxy) is 1. The Morgan fingerprint density at radius 2 is 1.29 bits per heavy atom. The van der Waals surface area contributed by atoms with Crippen molar-refractivity contribution in [1.29, 1.82) is 0 Å². The van der Waals surface area contributed by atoms with Gasteiger partial charge in [-0.3, -0.25) is 0 Å². The van der Waals surface area contributed by atoms with Gasteiger partial charge in [-0.1, -0.05) is 0 Å². The number of benzene rings is 2. The maximum absolute atomic E-state index is 5.88. The molecule has 2 rings (SSSR count). The van der Waals surface area contributed by atoms with Crippen molar-refractivity contribution < 1.29 is 4.74 Å². The number of hydrogen-bond donors (Lipinski definition) is 0. The first-order valence-electron chi connectivity index (χ1n) is 4.64. The molecule has 0 amide bonds. The third kappa shape index (κ3) is 4.06. The summed E-state index contributed by atoms with van der Waals surface area (Å²) in [6, 6.07) is 12.3. The molecule has 0 radical (unpaired) electrons. The number of hydrogen-bond acceptors (Lipinski definition) is 1. The summed E-state index contributed by atoms with van der Waals surface area (Å²) < 4.78 is 10.7. The van der Waals surface area contributed by atoms with Crippen LogP contribution in [0.3, 0.4) is 0 Å². The molecule has 0 aliphatic carbocycles. The van der Waals surface area contributed by atoms with Crippen molar-refractivity contribution in [1.82, 2.24) is 0 Å². The Bertz CT molecular complexity index is 537. The molecule has 1 nitrogen and oxygen atoms in total. The summed E-state index contributed by atoms with van der Waals surface area (Å²) in [5, 5.41) is 0. The molecular weight excluding hydrogens is 668 g/mol. The fraction of sp³-hybridized carbons (Fsp3) is 0. The van der Waals surface area contributed by atoms with Gasteiger partial charge >= 0.3 is 0 Å². The van der Waals surface area contributed by atoms with Crippen molar-refractivity contribution in [3.63, 3.8) is 0 Å². The molecule has 2 aromatic carbocycles. The van der Waals surface area contributed by atoms with Gasteiger partial charge < -0.3 is 4.74 Å². The molecule has 0 heterocycles. The normalized spacial score (nSPS) is 10.4. The van der Waals surface area contributed by atoms with Crippen LogP contribution in [0.2, 0.25) is 0 Å².